The molecule has 0 saturated carbocycles. The lowest BCUT2D eigenvalue weighted by molar-refractivity contribution is 0.0900. The molecule has 1 atom stereocenters. The van der Waals surface area contributed by atoms with Crippen LogP contribution in [0, 0.1) is 5.92 Å². The lowest BCUT2D eigenvalue weighted by Crippen LogP contribution is -2.24. The number of aromatic hydroxyl groups is 1. The Labute approximate surface area is 105 Å². The van der Waals surface area contributed by atoms with E-state index in [9.17, 15) is 19.8 Å². The molecule has 1 aliphatic rings. The number of rotatable bonds is 2. The summed E-state index contributed by atoms with van der Waals surface area (Å²) in [7, 11) is 0. The molecule has 2 rings (SSSR count). The van der Waals surface area contributed by atoms with E-state index in [0.717, 1.165) is 0 Å². The van der Waals surface area contributed by atoms with Crippen LogP contribution < -0.4 is 0 Å². The van der Waals surface area contributed by atoms with Crippen LogP contribution in [0.4, 0.5) is 0 Å². The number of fused-ring (bicyclic) bond motifs is 1. The van der Waals surface area contributed by atoms with Crippen molar-refractivity contribution in [3.8, 4) is 5.75 Å². The molecule has 2 N–H and O–H groups in total. The normalized spacial score (nSPS) is 18.6. The average molecular weight is 248 g/mol. The van der Waals surface area contributed by atoms with Gasteiger partial charge in [0.1, 0.15) is 5.75 Å². The van der Waals surface area contributed by atoms with Crippen molar-refractivity contribution in [3.63, 3.8) is 0 Å². The number of Topliss-reactive ketones (excluding diaryl/α,β-unsaturated/α-hetero) is 2. The zero-order chi connectivity index (χ0) is 13.4. The van der Waals surface area contributed by atoms with Gasteiger partial charge in [-0.05, 0) is 37.0 Å². The standard InChI is InChI=1S/C14H16O4/c1-7-3-4-10-9(6-15)5-11(17)12(8(2)16)13(10)14(7)18/h5,7,15,17H,3-4,6H2,1-2H3. The number of aliphatic hydroxyl groups excluding tert-OH is 1. The molecule has 96 valence electrons. The number of phenolic OH excluding ortho intramolecular Hbond substituents is 1. The Morgan fingerprint density at radius 3 is 2.72 bits per heavy atom. The van der Waals surface area contributed by atoms with Gasteiger partial charge in [0.05, 0.1) is 12.2 Å². The molecular weight excluding hydrogens is 232 g/mol. The largest absolute Gasteiger partial charge is 0.507 e. The van der Waals surface area contributed by atoms with E-state index in [0.29, 0.717) is 29.5 Å². The third-order valence-electron chi connectivity index (χ3n) is 3.55. The van der Waals surface area contributed by atoms with Crippen molar-refractivity contribution >= 4 is 11.6 Å². The van der Waals surface area contributed by atoms with Crippen LogP contribution in [0.15, 0.2) is 6.07 Å². The third-order valence-corrected chi connectivity index (χ3v) is 3.55. The van der Waals surface area contributed by atoms with Crippen molar-refractivity contribution in [1.29, 1.82) is 0 Å². The molecule has 0 aromatic heterocycles. The van der Waals surface area contributed by atoms with E-state index >= 15 is 0 Å². The molecular formula is C14H16O4. The SMILES string of the molecule is CC(=O)c1c(O)cc(CO)c2c1C(=O)C(C)CC2. The maximum atomic E-state index is 12.2. The maximum absolute atomic E-state index is 12.2. The van der Waals surface area contributed by atoms with E-state index in [4.69, 9.17) is 0 Å². The van der Waals surface area contributed by atoms with Crippen LogP contribution in [0.2, 0.25) is 0 Å². The number of aliphatic hydroxyl groups is 1. The van der Waals surface area contributed by atoms with Gasteiger partial charge in [0, 0.05) is 11.5 Å². The minimum absolute atomic E-state index is 0.0961. The number of ketones is 2. The number of benzene rings is 1. The number of hydrogen-bond donors (Lipinski definition) is 2. The molecule has 0 spiro atoms. The highest BCUT2D eigenvalue weighted by molar-refractivity contribution is 6.12. The molecule has 18 heavy (non-hydrogen) atoms. The first-order valence-electron chi connectivity index (χ1n) is 6.01. The van der Waals surface area contributed by atoms with Crippen molar-refractivity contribution in [3.05, 3.63) is 28.3 Å². The molecule has 1 aromatic carbocycles. The number of carbonyl (C=O) groups is 2. The van der Waals surface area contributed by atoms with Gasteiger partial charge in [-0.2, -0.15) is 0 Å². The maximum Gasteiger partial charge on any atom is 0.166 e. The quantitative estimate of drug-likeness (QED) is 0.783. The lowest BCUT2D eigenvalue weighted by atomic mass is 9.78. The minimum atomic E-state index is -0.323. The smallest absolute Gasteiger partial charge is 0.166 e. The molecule has 0 bridgehead atoms. The highest BCUT2D eigenvalue weighted by Crippen LogP contribution is 2.35. The summed E-state index contributed by atoms with van der Waals surface area (Å²) in [5, 5.41) is 19.2. The monoisotopic (exact) mass is 248 g/mol. The van der Waals surface area contributed by atoms with Gasteiger partial charge in [-0.3, -0.25) is 9.59 Å². The average Bonchev–Trinajstić information content (AvgIpc) is 2.32. The fourth-order valence-corrected chi connectivity index (χ4v) is 2.56. The molecule has 4 nitrogen and oxygen atoms in total. The lowest BCUT2D eigenvalue weighted by Gasteiger charge is -2.25. The second kappa shape index (κ2) is 4.53. The Kier molecular flexibility index (Phi) is 3.22. The van der Waals surface area contributed by atoms with Gasteiger partial charge in [0.25, 0.3) is 0 Å². The first-order valence-corrected chi connectivity index (χ1v) is 6.01. The molecule has 0 saturated heterocycles. The first kappa shape index (κ1) is 12.8. The third kappa shape index (κ3) is 1.82. The Bertz CT molecular complexity index is 531. The zero-order valence-corrected chi connectivity index (χ0v) is 10.5. The predicted octanol–water partition coefficient (Wildman–Crippen LogP) is 1.85. The van der Waals surface area contributed by atoms with E-state index in [1.165, 1.54) is 13.0 Å². The Morgan fingerprint density at radius 1 is 1.50 bits per heavy atom. The summed E-state index contributed by atoms with van der Waals surface area (Å²) < 4.78 is 0. The van der Waals surface area contributed by atoms with Gasteiger partial charge in [-0.15, -0.1) is 0 Å². The fraction of sp³-hybridized carbons (Fsp3) is 0.429. The molecule has 0 aliphatic heterocycles. The van der Waals surface area contributed by atoms with E-state index < -0.39 is 0 Å². The molecule has 0 heterocycles. The molecule has 1 aromatic rings. The first-order chi connectivity index (χ1) is 8.47. The molecule has 4 heteroatoms. The molecule has 1 unspecified atom stereocenters. The van der Waals surface area contributed by atoms with Crippen molar-refractivity contribution in [2.45, 2.75) is 33.3 Å². The Balaban J connectivity index is 2.78. The minimum Gasteiger partial charge on any atom is -0.507 e. The van der Waals surface area contributed by atoms with E-state index in [1.54, 1.807) is 0 Å². The van der Waals surface area contributed by atoms with Crippen LogP contribution in [0.25, 0.3) is 0 Å². The van der Waals surface area contributed by atoms with E-state index in [1.807, 2.05) is 6.92 Å². The van der Waals surface area contributed by atoms with Crippen LogP contribution >= 0.6 is 0 Å². The van der Waals surface area contributed by atoms with Crippen LogP contribution in [0.3, 0.4) is 0 Å². The van der Waals surface area contributed by atoms with Gasteiger partial charge >= 0.3 is 0 Å². The zero-order valence-electron chi connectivity index (χ0n) is 10.5. The van der Waals surface area contributed by atoms with E-state index in [2.05, 4.69) is 0 Å². The van der Waals surface area contributed by atoms with Crippen LogP contribution in [0.5, 0.6) is 5.75 Å². The van der Waals surface area contributed by atoms with Crippen LogP contribution in [-0.4, -0.2) is 21.8 Å². The van der Waals surface area contributed by atoms with Crippen molar-refractivity contribution in [1.82, 2.24) is 0 Å². The van der Waals surface area contributed by atoms with Gasteiger partial charge in [0.2, 0.25) is 0 Å². The fourth-order valence-electron chi connectivity index (χ4n) is 2.56. The summed E-state index contributed by atoms with van der Waals surface area (Å²) in [4.78, 5) is 23.8. The Hall–Kier alpha value is -1.68. The summed E-state index contributed by atoms with van der Waals surface area (Å²) in [6, 6.07) is 1.39. The van der Waals surface area contributed by atoms with E-state index in [-0.39, 0.29) is 35.4 Å². The van der Waals surface area contributed by atoms with Gasteiger partial charge in [-0.25, -0.2) is 0 Å². The van der Waals surface area contributed by atoms with Crippen molar-refractivity contribution in [2.24, 2.45) is 5.92 Å². The predicted molar refractivity (Wildman–Crippen MR) is 65.8 cm³/mol. The van der Waals surface area contributed by atoms with Crippen LogP contribution in [0.1, 0.15) is 52.1 Å². The second-order valence-electron chi connectivity index (χ2n) is 4.80. The summed E-state index contributed by atoms with van der Waals surface area (Å²) >= 11 is 0. The summed E-state index contributed by atoms with van der Waals surface area (Å²) in [6.45, 7) is 2.91. The molecule has 0 amide bonds. The summed E-state index contributed by atoms with van der Waals surface area (Å²) in [6.07, 6.45) is 1.36. The van der Waals surface area contributed by atoms with Gasteiger partial charge in [0.15, 0.2) is 11.6 Å². The number of hydrogen-bond acceptors (Lipinski definition) is 4. The summed E-state index contributed by atoms with van der Waals surface area (Å²) in [5.41, 5.74) is 1.65. The van der Waals surface area contributed by atoms with Crippen molar-refractivity contribution < 1.29 is 19.8 Å². The van der Waals surface area contributed by atoms with Gasteiger partial charge < -0.3 is 10.2 Å². The van der Waals surface area contributed by atoms with Crippen molar-refractivity contribution in [2.75, 3.05) is 0 Å². The molecule has 1 aliphatic carbocycles. The number of carbonyl (C=O) groups excluding carboxylic acids is 2. The molecule has 0 fully saturated rings. The van der Waals surface area contributed by atoms with Crippen LogP contribution in [-0.2, 0) is 13.0 Å². The Morgan fingerprint density at radius 2 is 2.17 bits per heavy atom. The highest BCUT2D eigenvalue weighted by Gasteiger charge is 2.31. The second-order valence-corrected chi connectivity index (χ2v) is 4.80. The topological polar surface area (TPSA) is 74.6 Å². The summed E-state index contributed by atoms with van der Waals surface area (Å²) in [5.74, 6) is -0.806. The number of phenols is 1. The highest BCUT2D eigenvalue weighted by atomic mass is 16.3. The molecule has 0 radical (unpaired) electrons. The van der Waals surface area contributed by atoms with Gasteiger partial charge in [-0.1, -0.05) is 6.92 Å².